The molecule has 1 heterocycles. The van der Waals surface area contributed by atoms with Crippen LogP contribution < -0.4 is 11.1 Å². The van der Waals surface area contributed by atoms with E-state index in [1.807, 2.05) is 12.1 Å². The molecule has 2 aromatic carbocycles. The fraction of sp³-hybridized carbons (Fsp3) is 0.300. The van der Waals surface area contributed by atoms with Crippen LogP contribution in [0.2, 0.25) is 0 Å². The van der Waals surface area contributed by atoms with E-state index in [9.17, 15) is 14.7 Å². The number of phenols is 1. The number of nitrogens with one attached hydrogen (secondary N) is 1. The molecule has 0 fully saturated rings. The lowest BCUT2D eigenvalue weighted by atomic mass is 9.87. The summed E-state index contributed by atoms with van der Waals surface area (Å²) in [6, 6.07) is 12.3. The van der Waals surface area contributed by atoms with Gasteiger partial charge in [-0.25, -0.2) is 4.79 Å². The number of benzene rings is 2. The van der Waals surface area contributed by atoms with Gasteiger partial charge in [0.25, 0.3) is 0 Å². The maximum atomic E-state index is 12.3. The van der Waals surface area contributed by atoms with Crippen molar-refractivity contribution in [3.63, 3.8) is 0 Å². The van der Waals surface area contributed by atoms with Crippen molar-refractivity contribution in [1.29, 1.82) is 0 Å². The summed E-state index contributed by atoms with van der Waals surface area (Å²) in [4.78, 5) is 24.2. The van der Waals surface area contributed by atoms with Crippen molar-refractivity contribution in [2.75, 3.05) is 5.32 Å². The summed E-state index contributed by atoms with van der Waals surface area (Å²) in [6.07, 6.45) is 0.0859. The summed E-state index contributed by atoms with van der Waals surface area (Å²) >= 11 is 0. The Labute approximate surface area is 151 Å². The second-order valence-corrected chi connectivity index (χ2v) is 7.27. The van der Waals surface area contributed by atoms with E-state index in [1.54, 1.807) is 30.3 Å². The minimum atomic E-state index is -0.489. The molecule has 0 aliphatic carbocycles. The number of amides is 1. The zero-order chi connectivity index (χ0) is 18.9. The van der Waals surface area contributed by atoms with E-state index >= 15 is 0 Å². The Hall–Kier alpha value is -3.02. The molecule has 3 rings (SSSR count). The lowest BCUT2D eigenvalue weighted by molar-refractivity contribution is -0.116. The van der Waals surface area contributed by atoms with E-state index < -0.39 is 5.76 Å². The molecule has 0 aliphatic heterocycles. The highest BCUT2D eigenvalue weighted by Crippen LogP contribution is 2.30. The summed E-state index contributed by atoms with van der Waals surface area (Å²) in [5.41, 5.74) is 2.42. The Bertz CT molecular complexity index is 1010. The number of para-hydroxylation sites is 2. The van der Waals surface area contributed by atoms with Crippen molar-refractivity contribution in [3.8, 4) is 5.75 Å². The number of aromatic nitrogens is 1. The first-order valence-electron chi connectivity index (χ1n) is 8.47. The molecule has 0 saturated carbocycles. The second kappa shape index (κ2) is 6.71. The maximum Gasteiger partial charge on any atom is 0.419 e. The third-order valence-electron chi connectivity index (χ3n) is 4.27. The minimum absolute atomic E-state index is 0.0114. The number of carbonyl (C=O) groups is 1. The van der Waals surface area contributed by atoms with Gasteiger partial charge in [-0.3, -0.25) is 9.36 Å². The van der Waals surface area contributed by atoms with E-state index in [4.69, 9.17) is 4.42 Å². The number of aryl methyl sites for hydroxylation is 1. The van der Waals surface area contributed by atoms with Crippen molar-refractivity contribution >= 4 is 22.7 Å². The molecule has 0 radical (unpaired) electrons. The Morgan fingerprint density at radius 2 is 1.92 bits per heavy atom. The summed E-state index contributed by atoms with van der Waals surface area (Å²) in [5, 5.41) is 12.7. The van der Waals surface area contributed by atoms with Crippen LogP contribution in [0.3, 0.4) is 0 Å². The first-order valence-corrected chi connectivity index (χ1v) is 8.47. The Morgan fingerprint density at radius 1 is 1.19 bits per heavy atom. The number of carbonyl (C=O) groups excluding carboxylic acids is 1. The highest BCUT2D eigenvalue weighted by molar-refractivity contribution is 5.92. The average molecular weight is 354 g/mol. The topological polar surface area (TPSA) is 84.5 Å². The molecule has 6 heteroatoms. The van der Waals surface area contributed by atoms with E-state index in [1.165, 1.54) is 4.57 Å². The van der Waals surface area contributed by atoms with Gasteiger partial charge < -0.3 is 14.8 Å². The predicted octanol–water partition coefficient (Wildman–Crippen LogP) is 3.63. The van der Waals surface area contributed by atoms with Crippen LogP contribution in [0.1, 0.15) is 32.8 Å². The van der Waals surface area contributed by atoms with Crippen molar-refractivity contribution in [2.45, 2.75) is 39.2 Å². The number of fused-ring (bicyclic) bond motifs is 1. The Kier molecular flexibility index (Phi) is 4.59. The van der Waals surface area contributed by atoms with Gasteiger partial charge in [0.05, 0.1) is 11.2 Å². The highest BCUT2D eigenvalue weighted by Gasteiger charge is 2.17. The van der Waals surface area contributed by atoms with Crippen LogP contribution in [0.5, 0.6) is 5.75 Å². The van der Waals surface area contributed by atoms with E-state index in [-0.39, 0.29) is 30.0 Å². The number of aromatic hydroxyl groups is 1. The molecule has 0 atom stereocenters. The monoisotopic (exact) mass is 354 g/mol. The fourth-order valence-electron chi connectivity index (χ4n) is 2.75. The van der Waals surface area contributed by atoms with Crippen LogP contribution in [0.4, 0.5) is 5.69 Å². The van der Waals surface area contributed by atoms with Gasteiger partial charge in [-0.15, -0.1) is 0 Å². The van der Waals surface area contributed by atoms with Crippen LogP contribution >= 0.6 is 0 Å². The number of hydrogen-bond donors (Lipinski definition) is 2. The molecule has 1 amide bonds. The number of anilines is 1. The van der Waals surface area contributed by atoms with Gasteiger partial charge in [-0.1, -0.05) is 39.0 Å². The van der Waals surface area contributed by atoms with E-state index in [2.05, 4.69) is 26.1 Å². The number of oxazole rings is 1. The van der Waals surface area contributed by atoms with Gasteiger partial charge in [0.2, 0.25) is 5.91 Å². The number of nitrogens with zero attached hydrogens (tertiary/aromatic N) is 1. The molecule has 2 N–H and O–H groups in total. The number of hydrogen-bond acceptors (Lipinski definition) is 4. The Balaban J connectivity index is 1.73. The Morgan fingerprint density at radius 3 is 2.65 bits per heavy atom. The second-order valence-electron chi connectivity index (χ2n) is 7.27. The molecule has 26 heavy (non-hydrogen) atoms. The van der Waals surface area contributed by atoms with Crippen LogP contribution in [0, 0.1) is 0 Å². The van der Waals surface area contributed by atoms with Gasteiger partial charge in [0.15, 0.2) is 5.58 Å². The van der Waals surface area contributed by atoms with Gasteiger partial charge in [0, 0.05) is 13.0 Å². The van der Waals surface area contributed by atoms with Crippen molar-refractivity contribution in [1.82, 2.24) is 4.57 Å². The highest BCUT2D eigenvalue weighted by atomic mass is 16.4. The SMILES string of the molecule is CC(C)(C)c1ccc(O)c(NC(=O)CCn2c(=O)oc3ccccc32)c1. The molecule has 6 nitrogen and oxygen atoms in total. The quantitative estimate of drug-likeness (QED) is 0.701. The fourth-order valence-corrected chi connectivity index (χ4v) is 2.75. The molecule has 0 aliphatic rings. The lowest BCUT2D eigenvalue weighted by Crippen LogP contribution is -2.20. The summed E-state index contributed by atoms with van der Waals surface area (Å²) in [5.74, 6) is -0.766. The zero-order valence-corrected chi connectivity index (χ0v) is 15.1. The lowest BCUT2D eigenvalue weighted by Gasteiger charge is -2.20. The van der Waals surface area contributed by atoms with Gasteiger partial charge in [0.1, 0.15) is 5.75 Å². The number of phenolic OH excluding ortho intramolecular Hbond substituents is 1. The standard InChI is InChI=1S/C20H22N2O4/c1-20(2,3)13-8-9-16(23)14(12-13)21-18(24)10-11-22-15-6-4-5-7-17(15)26-19(22)25/h4-9,12,23H,10-11H2,1-3H3,(H,21,24). The molecule has 3 aromatic rings. The van der Waals surface area contributed by atoms with Gasteiger partial charge in [-0.05, 0) is 35.2 Å². The largest absolute Gasteiger partial charge is 0.506 e. The van der Waals surface area contributed by atoms with Crippen LogP contribution in [0.25, 0.3) is 11.1 Å². The smallest absolute Gasteiger partial charge is 0.419 e. The maximum absolute atomic E-state index is 12.3. The molecule has 0 spiro atoms. The van der Waals surface area contributed by atoms with E-state index in [0.29, 0.717) is 16.8 Å². The average Bonchev–Trinajstić information content (AvgIpc) is 2.89. The zero-order valence-electron chi connectivity index (χ0n) is 15.1. The van der Waals surface area contributed by atoms with E-state index in [0.717, 1.165) is 5.56 Å². The van der Waals surface area contributed by atoms with Crippen LogP contribution in [0.15, 0.2) is 51.7 Å². The minimum Gasteiger partial charge on any atom is -0.506 e. The third-order valence-corrected chi connectivity index (χ3v) is 4.27. The number of rotatable bonds is 4. The predicted molar refractivity (Wildman–Crippen MR) is 101 cm³/mol. The molecular formula is C20H22N2O4. The van der Waals surface area contributed by atoms with Crippen molar-refractivity contribution in [3.05, 3.63) is 58.6 Å². The molecule has 0 bridgehead atoms. The van der Waals surface area contributed by atoms with Gasteiger partial charge >= 0.3 is 5.76 Å². The summed E-state index contributed by atoms with van der Waals surface area (Å²) in [7, 11) is 0. The third kappa shape index (κ3) is 3.64. The van der Waals surface area contributed by atoms with Crippen LogP contribution in [-0.4, -0.2) is 15.6 Å². The molecule has 136 valence electrons. The normalized spacial score (nSPS) is 11.7. The molecule has 0 saturated heterocycles. The molecule has 0 unspecified atom stereocenters. The summed E-state index contributed by atoms with van der Waals surface area (Å²) in [6.45, 7) is 6.37. The summed E-state index contributed by atoms with van der Waals surface area (Å²) < 4.78 is 6.59. The van der Waals surface area contributed by atoms with Crippen LogP contribution in [-0.2, 0) is 16.8 Å². The van der Waals surface area contributed by atoms with Gasteiger partial charge in [-0.2, -0.15) is 0 Å². The van der Waals surface area contributed by atoms with Crippen molar-refractivity contribution < 1.29 is 14.3 Å². The first kappa shape index (κ1) is 17.8. The first-order chi connectivity index (χ1) is 12.3. The molecular weight excluding hydrogens is 332 g/mol. The van der Waals surface area contributed by atoms with Crippen molar-refractivity contribution in [2.24, 2.45) is 0 Å². The molecule has 1 aromatic heterocycles.